The first-order valence-corrected chi connectivity index (χ1v) is 3.53. The van der Waals surface area contributed by atoms with Crippen LogP contribution in [0.2, 0.25) is 0 Å². The van der Waals surface area contributed by atoms with Gasteiger partial charge in [0.25, 0.3) is 5.95 Å². The van der Waals surface area contributed by atoms with E-state index in [1.807, 2.05) is 0 Å². The maximum atomic E-state index is 12.6. The van der Waals surface area contributed by atoms with Crippen molar-refractivity contribution in [2.45, 2.75) is 12.6 Å². The lowest BCUT2D eigenvalue weighted by molar-refractivity contribution is -0.228. The zero-order valence-electron chi connectivity index (χ0n) is 7.31. The average molecular weight is 268 g/mol. The molecular weight excluding hydrogens is 268 g/mol. The SMILES string of the molecule is Fc1nnc(F)c(N(C(F)(F)F)C(F)(F)F)n1. The molecule has 0 aliphatic rings. The summed E-state index contributed by atoms with van der Waals surface area (Å²) in [4.78, 5) is -0.236. The van der Waals surface area contributed by atoms with Crippen molar-refractivity contribution in [2.75, 3.05) is 4.90 Å². The Labute approximate surface area is 86.9 Å². The summed E-state index contributed by atoms with van der Waals surface area (Å²) in [7, 11) is 0. The fourth-order valence-electron chi connectivity index (χ4n) is 0.812. The van der Waals surface area contributed by atoms with Crippen molar-refractivity contribution in [1.29, 1.82) is 0 Å². The lowest BCUT2D eigenvalue weighted by Gasteiger charge is -2.26. The second-order valence-electron chi connectivity index (χ2n) is 2.47. The van der Waals surface area contributed by atoms with Crippen LogP contribution in [0.4, 0.5) is 40.9 Å². The first kappa shape index (κ1) is 13.3. The van der Waals surface area contributed by atoms with Gasteiger partial charge in [0, 0.05) is 0 Å². The van der Waals surface area contributed by atoms with Crippen LogP contribution >= 0.6 is 0 Å². The summed E-state index contributed by atoms with van der Waals surface area (Å²) in [5.41, 5.74) is 0. The summed E-state index contributed by atoms with van der Waals surface area (Å²) in [5.74, 6) is -4.67. The van der Waals surface area contributed by atoms with Gasteiger partial charge in [-0.05, 0) is 0 Å². The average Bonchev–Trinajstić information content (AvgIpc) is 2.06. The molecule has 0 aromatic carbocycles. The van der Waals surface area contributed by atoms with E-state index in [4.69, 9.17) is 0 Å². The Hall–Kier alpha value is -1.75. The van der Waals surface area contributed by atoms with Crippen molar-refractivity contribution in [3.8, 4) is 0 Å². The number of alkyl halides is 6. The lowest BCUT2D eigenvalue weighted by Crippen LogP contribution is -2.49. The van der Waals surface area contributed by atoms with Crippen LogP contribution in [0.15, 0.2) is 0 Å². The number of rotatable bonds is 1. The van der Waals surface area contributed by atoms with E-state index in [1.165, 1.54) is 0 Å². The first-order valence-electron chi connectivity index (χ1n) is 3.53. The van der Waals surface area contributed by atoms with E-state index in [-0.39, 0.29) is 0 Å². The maximum absolute atomic E-state index is 12.6. The van der Waals surface area contributed by atoms with Gasteiger partial charge in [0.2, 0.25) is 5.82 Å². The van der Waals surface area contributed by atoms with Crippen LogP contribution in [-0.4, -0.2) is 27.8 Å². The van der Waals surface area contributed by atoms with Crippen molar-refractivity contribution in [3.05, 3.63) is 12.0 Å². The molecule has 0 bridgehead atoms. The summed E-state index contributed by atoms with van der Waals surface area (Å²) in [6, 6.07) is 0. The summed E-state index contributed by atoms with van der Waals surface area (Å²) in [6.07, 6.45) is -14.1. The van der Waals surface area contributed by atoms with E-state index < -0.39 is 35.3 Å². The summed E-state index contributed by atoms with van der Waals surface area (Å²) >= 11 is 0. The van der Waals surface area contributed by atoms with Crippen molar-refractivity contribution < 1.29 is 35.1 Å². The summed E-state index contributed by atoms with van der Waals surface area (Å²) in [6.45, 7) is 0. The Bertz CT molecular complexity index is 397. The van der Waals surface area contributed by atoms with Crippen molar-refractivity contribution in [2.24, 2.45) is 0 Å². The molecule has 1 heterocycles. The minimum atomic E-state index is -6.04. The Balaban J connectivity index is 3.38. The van der Waals surface area contributed by atoms with Gasteiger partial charge in [-0.1, -0.05) is 5.10 Å². The largest absolute Gasteiger partial charge is 0.493 e. The van der Waals surface area contributed by atoms with Crippen LogP contribution < -0.4 is 4.90 Å². The standard InChI is InChI=1S/C5F8N4/c6-1-2(14-3(7)16-15-1)17(4(8,9)10)5(11,12)13. The molecule has 96 valence electrons. The number of hydrogen-bond acceptors (Lipinski definition) is 4. The highest BCUT2D eigenvalue weighted by molar-refractivity contribution is 5.38. The van der Waals surface area contributed by atoms with Gasteiger partial charge in [-0.3, -0.25) is 0 Å². The zero-order valence-corrected chi connectivity index (χ0v) is 7.31. The van der Waals surface area contributed by atoms with Crippen LogP contribution in [0.25, 0.3) is 0 Å². The molecule has 1 aromatic rings. The predicted molar refractivity (Wildman–Crippen MR) is 34.3 cm³/mol. The minimum Gasteiger partial charge on any atom is -0.179 e. The van der Waals surface area contributed by atoms with Crippen molar-refractivity contribution in [1.82, 2.24) is 15.2 Å². The molecule has 0 radical (unpaired) electrons. The number of aromatic nitrogens is 3. The van der Waals surface area contributed by atoms with E-state index in [0.717, 1.165) is 0 Å². The van der Waals surface area contributed by atoms with Crippen LogP contribution in [0, 0.1) is 12.0 Å². The molecular formula is C5F8N4. The first-order chi connectivity index (χ1) is 7.53. The quantitative estimate of drug-likeness (QED) is 0.577. The third-order valence-corrected chi connectivity index (χ3v) is 1.32. The van der Waals surface area contributed by atoms with Gasteiger partial charge in [0.05, 0.1) is 0 Å². The molecule has 0 aliphatic carbocycles. The normalized spacial score (nSPS) is 12.7. The molecule has 0 saturated heterocycles. The van der Waals surface area contributed by atoms with Gasteiger partial charge < -0.3 is 0 Å². The molecule has 0 amide bonds. The molecule has 17 heavy (non-hydrogen) atoms. The van der Waals surface area contributed by atoms with Gasteiger partial charge in [-0.15, -0.1) is 31.4 Å². The lowest BCUT2D eigenvalue weighted by atomic mass is 10.6. The highest BCUT2D eigenvalue weighted by Gasteiger charge is 2.56. The smallest absolute Gasteiger partial charge is 0.179 e. The Kier molecular flexibility index (Phi) is 3.07. The Morgan fingerprint density at radius 3 is 1.71 bits per heavy atom. The molecule has 1 aromatic heterocycles. The molecule has 0 spiro atoms. The van der Waals surface area contributed by atoms with Crippen molar-refractivity contribution >= 4 is 5.82 Å². The minimum absolute atomic E-state index is 2.03. The van der Waals surface area contributed by atoms with E-state index in [2.05, 4.69) is 15.2 Å². The number of hydrogen-bond donors (Lipinski definition) is 0. The predicted octanol–water partition coefficient (Wildman–Crippen LogP) is 2.00. The van der Waals surface area contributed by atoms with E-state index in [1.54, 1.807) is 0 Å². The fourth-order valence-corrected chi connectivity index (χ4v) is 0.812. The second-order valence-corrected chi connectivity index (χ2v) is 2.47. The molecule has 0 aliphatic heterocycles. The maximum Gasteiger partial charge on any atom is 0.493 e. The van der Waals surface area contributed by atoms with Crippen LogP contribution in [0.1, 0.15) is 0 Å². The van der Waals surface area contributed by atoms with Gasteiger partial charge in [-0.2, -0.15) is 18.7 Å². The molecule has 0 fully saturated rings. The molecule has 0 unspecified atom stereocenters. The number of nitrogens with zero attached hydrogens (tertiary/aromatic N) is 4. The molecule has 12 heteroatoms. The summed E-state index contributed by atoms with van der Waals surface area (Å²) < 4.78 is 97.2. The van der Waals surface area contributed by atoms with Gasteiger partial charge in [-0.25, -0.2) is 0 Å². The molecule has 1 rings (SSSR count). The Morgan fingerprint density at radius 1 is 0.824 bits per heavy atom. The van der Waals surface area contributed by atoms with Gasteiger partial charge in [0.15, 0.2) is 0 Å². The number of halogens is 8. The van der Waals surface area contributed by atoms with E-state index in [9.17, 15) is 35.1 Å². The highest BCUT2D eigenvalue weighted by Crippen LogP contribution is 2.37. The topological polar surface area (TPSA) is 41.9 Å². The molecule has 0 saturated carbocycles. The van der Waals surface area contributed by atoms with Gasteiger partial charge >= 0.3 is 18.7 Å². The second kappa shape index (κ2) is 3.92. The fraction of sp³-hybridized carbons (Fsp3) is 0.400. The zero-order chi connectivity index (χ0) is 13.4. The molecule has 4 nitrogen and oxygen atoms in total. The third-order valence-electron chi connectivity index (χ3n) is 1.32. The van der Waals surface area contributed by atoms with Crippen LogP contribution in [0.3, 0.4) is 0 Å². The Morgan fingerprint density at radius 2 is 1.29 bits per heavy atom. The monoisotopic (exact) mass is 268 g/mol. The van der Waals surface area contributed by atoms with E-state index >= 15 is 0 Å². The van der Waals surface area contributed by atoms with Gasteiger partial charge in [0.1, 0.15) is 0 Å². The van der Waals surface area contributed by atoms with E-state index in [0.29, 0.717) is 0 Å². The van der Waals surface area contributed by atoms with Crippen molar-refractivity contribution in [3.63, 3.8) is 0 Å². The summed E-state index contributed by atoms with van der Waals surface area (Å²) in [5, 5.41) is 4.35. The molecule has 0 atom stereocenters. The highest BCUT2D eigenvalue weighted by atomic mass is 19.4. The third kappa shape index (κ3) is 2.88. The molecule has 0 N–H and O–H groups in total. The number of anilines is 1. The van der Waals surface area contributed by atoms with Crippen LogP contribution in [0.5, 0.6) is 0 Å². The van der Waals surface area contributed by atoms with Crippen LogP contribution in [-0.2, 0) is 0 Å².